The van der Waals surface area contributed by atoms with E-state index < -0.39 is 23.9 Å². The van der Waals surface area contributed by atoms with Crippen LogP contribution in [0.2, 0.25) is 0 Å². The Hall–Kier alpha value is -1.41. The standard InChI is InChI=1S/C10H12ClN3O4S/c11-2-3-12-10(18)13-6-7(15)14-5(9(16)17)1-4-19-8(6)14/h1,6,8H,2-4H2,(H,16,17)(H2,12,13,18)/t6-,8-/m1/s1. The number of halogens is 1. The molecule has 2 aliphatic heterocycles. The number of carbonyl (C=O) groups is 3. The van der Waals surface area contributed by atoms with Crippen LogP contribution in [0.15, 0.2) is 11.8 Å². The first-order chi connectivity index (χ1) is 9.06. The SMILES string of the molecule is O=C(NCCCl)N[C@@H]1C(=O)N2C(C(=O)O)=CCS[C@H]12. The Labute approximate surface area is 118 Å². The molecule has 3 N–H and O–H groups in total. The van der Waals surface area contributed by atoms with Crippen LogP contribution in [0, 0.1) is 0 Å². The molecule has 0 radical (unpaired) electrons. The van der Waals surface area contributed by atoms with E-state index in [0.717, 1.165) is 0 Å². The molecule has 104 valence electrons. The molecule has 0 bridgehead atoms. The van der Waals surface area contributed by atoms with Crippen molar-refractivity contribution in [2.75, 3.05) is 18.2 Å². The molecular formula is C10H12ClN3O4S. The van der Waals surface area contributed by atoms with Crippen molar-refractivity contribution in [2.24, 2.45) is 0 Å². The second-order valence-corrected chi connectivity index (χ2v) is 5.42. The van der Waals surface area contributed by atoms with Crippen LogP contribution in [0.1, 0.15) is 0 Å². The molecule has 0 aromatic carbocycles. The number of aliphatic carboxylic acids is 1. The predicted molar refractivity (Wildman–Crippen MR) is 69.9 cm³/mol. The topological polar surface area (TPSA) is 98.7 Å². The molecule has 0 saturated carbocycles. The summed E-state index contributed by atoms with van der Waals surface area (Å²) < 4.78 is 0. The highest BCUT2D eigenvalue weighted by atomic mass is 35.5. The van der Waals surface area contributed by atoms with Gasteiger partial charge < -0.3 is 15.7 Å². The van der Waals surface area contributed by atoms with Gasteiger partial charge in [0, 0.05) is 18.2 Å². The van der Waals surface area contributed by atoms with Gasteiger partial charge in [-0.15, -0.1) is 23.4 Å². The summed E-state index contributed by atoms with van der Waals surface area (Å²) in [4.78, 5) is 35.5. The van der Waals surface area contributed by atoms with Crippen LogP contribution in [0.5, 0.6) is 0 Å². The lowest BCUT2D eigenvalue weighted by Gasteiger charge is -2.48. The Balaban J connectivity index is 1.97. The third kappa shape index (κ3) is 2.64. The van der Waals surface area contributed by atoms with E-state index in [9.17, 15) is 14.4 Å². The Morgan fingerprint density at radius 3 is 2.95 bits per heavy atom. The second-order valence-electron chi connectivity index (χ2n) is 3.89. The fraction of sp³-hybridized carbons (Fsp3) is 0.500. The predicted octanol–water partition coefficient (Wildman–Crippen LogP) is -0.223. The Morgan fingerprint density at radius 1 is 1.58 bits per heavy atom. The molecule has 2 rings (SSSR count). The monoisotopic (exact) mass is 305 g/mol. The molecule has 7 nitrogen and oxygen atoms in total. The number of carboxylic acid groups (broad SMARTS) is 1. The van der Waals surface area contributed by atoms with Crippen LogP contribution in [-0.2, 0) is 9.59 Å². The van der Waals surface area contributed by atoms with E-state index in [1.807, 2.05) is 0 Å². The van der Waals surface area contributed by atoms with Crippen molar-refractivity contribution in [3.05, 3.63) is 11.8 Å². The number of β-lactam (4-membered cyclic amide) rings is 1. The van der Waals surface area contributed by atoms with Gasteiger partial charge in [0.05, 0.1) is 0 Å². The van der Waals surface area contributed by atoms with Crippen molar-refractivity contribution in [2.45, 2.75) is 11.4 Å². The first-order valence-electron chi connectivity index (χ1n) is 5.54. The maximum Gasteiger partial charge on any atom is 0.352 e. The van der Waals surface area contributed by atoms with Crippen LogP contribution >= 0.6 is 23.4 Å². The van der Waals surface area contributed by atoms with E-state index in [1.54, 1.807) is 0 Å². The first kappa shape index (κ1) is 14.0. The van der Waals surface area contributed by atoms with E-state index in [0.29, 0.717) is 12.3 Å². The van der Waals surface area contributed by atoms with Crippen molar-refractivity contribution in [3.63, 3.8) is 0 Å². The number of carbonyl (C=O) groups excluding carboxylic acids is 2. The van der Waals surface area contributed by atoms with Crippen molar-refractivity contribution >= 4 is 41.3 Å². The Kier molecular flexibility index (Phi) is 4.20. The number of nitrogens with zero attached hydrogens (tertiary/aromatic N) is 1. The molecule has 1 fully saturated rings. The molecule has 0 aromatic rings. The first-order valence-corrected chi connectivity index (χ1v) is 7.13. The number of hydrogen-bond acceptors (Lipinski definition) is 4. The summed E-state index contributed by atoms with van der Waals surface area (Å²) in [6.45, 7) is 0.302. The number of rotatable bonds is 4. The third-order valence-corrected chi connectivity index (χ3v) is 4.10. The number of amides is 3. The molecule has 2 atom stereocenters. The Bertz CT molecular complexity index is 456. The van der Waals surface area contributed by atoms with E-state index in [2.05, 4.69) is 10.6 Å². The van der Waals surface area contributed by atoms with Crippen molar-refractivity contribution in [3.8, 4) is 0 Å². The second kappa shape index (κ2) is 5.70. The summed E-state index contributed by atoms with van der Waals surface area (Å²) in [6.07, 6.45) is 1.49. The molecule has 0 unspecified atom stereocenters. The maximum absolute atomic E-state index is 11.9. The maximum atomic E-state index is 11.9. The van der Waals surface area contributed by atoms with Gasteiger partial charge in [0.2, 0.25) is 0 Å². The summed E-state index contributed by atoms with van der Waals surface area (Å²) >= 11 is 6.84. The highest BCUT2D eigenvalue weighted by Crippen LogP contribution is 2.37. The lowest BCUT2D eigenvalue weighted by Crippen LogP contribution is -2.71. The molecule has 2 heterocycles. The summed E-state index contributed by atoms with van der Waals surface area (Å²) in [5.74, 6) is -0.768. The lowest BCUT2D eigenvalue weighted by molar-refractivity contribution is -0.148. The van der Waals surface area contributed by atoms with Gasteiger partial charge in [0.15, 0.2) is 0 Å². The molecular weight excluding hydrogens is 294 g/mol. The number of urea groups is 1. The number of hydrogen-bond donors (Lipinski definition) is 3. The van der Waals surface area contributed by atoms with E-state index >= 15 is 0 Å². The van der Waals surface area contributed by atoms with E-state index in [1.165, 1.54) is 22.7 Å². The van der Waals surface area contributed by atoms with Gasteiger partial charge in [0.25, 0.3) is 5.91 Å². The molecule has 9 heteroatoms. The molecule has 0 aromatic heterocycles. The fourth-order valence-corrected chi connectivity index (χ4v) is 3.18. The van der Waals surface area contributed by atoms with Gasteiger partial charge in [-0.25, -0.2) is 9.59 Å². The fourth-order valence-electron chi connectivity index (χ4n) is 1.89. The van der Waals surface area contributed by atoms with Crippen molar-refractivity contribution < 1.29 is 19.5 Å². The number of fused-ring (bicyclic) bond motifs is 1. The van der Waals surface area contributed by atoms with E-state index in [-0.39, 0.29) is 17.0 Å². The molecule has 0 aliphatic carbocycles. The number of nitrogens with one attached hydrogen (secondary N) is 2. The van der Waals surface area contributed by atoms with Crippen molar-refractivity contribution in [1.29, 1.82) is 0 Å². The van der Waals surface area contributed by atoms with Gasteiger partial charge in [-0.2, -0.15) is 0 Å². The zero-order chi connectivity index (χ0) is 14.0. The van der Waals surface area contributed by atoms with Crippen LogP contribution < -0.4 is 10.6 Å². The van der Waals surface area contributed by atoms with Gasteiger partial charge in [-0.3, -0.25) is 9.69 Å². The van der Waals surface area contributed by atoms with E-state index in [4.69, 9.17) is 16.7 Å². The zero-order valence-electron chi connectivity index (χ0n) is 9.76. The minimum Gasteiger partial charge on any atom is -0.477 e. The molecule has 1 saturated heterocycles. The van der Waals surface area contributed by atoms with Crippen LogP contribution in [-0.4, -0.2) is 57.5 Å². The molecule has 0 spiro atoms. The molecule has 3 amide bonds. The van der Waals surface area contributed by atoms with Crippen molar-refractivity contribution in [1.82, 2.24) is 15.5 Å². The van der Waals surface area contributed by atoms with Crippen LogP contribution in [0.25, 0.3) is 0 Å². The largest absolute Gasteiger partial charge is 0.477 e. The summed E-state index contributed by atoms with van der Waals surface area (Å²) in [7, 11) is 0. The summed E-state index contributed by atoms with van der Waals surface area (Å²) in [6, 6.07) is -1.17. The van der Waals surface area contributed by atoms with Gasteiger partial charge in [-0.1, -0.05) is 0 Å². The highest BCUT2D eigenvalue weighted by Gasteiger charge is 2.52. The number of alkyl halides is 1. The minimum absolute atomic E-state index is 0.0204. The average molecular weight is 306 g/mol. The highest BCUT2D eigenvalue weighted by molar-refractivity contribution is 8.00. The Morgan fingerprint density at radius 2 is 2.32 bits per heavy atom. The average Bonchev–Trinajstić information content (AvgIpc) is 2.41. The minimum atomic E-state index is -1.14. The van der Waals surface area contributed by atoms with Crippen LogP contribution in [0.4, 0.5) is 4.79 Å². The van der Waals surface area contributed by atoms with Gasteiger partial charge >= 0.3 is 12.0 Å². The zero-order valence-corrected chi connectivity index (χ0v) is 11.3. The molecule has 2 aliphatic rings. The smallest absolute Gasteiger partial charge is 0.352 e. The quantitative estimate of drug-likeness (QED) is 0.492. The normalized spacial score (nSPS) is 25.0. The number of carboxylic acids is 1. The molecule has 19 heavy (non-hydrogen) atoms. The van der Waals surface area contributed by atoms with Crippen LogP contribution in [0.3, 0.4) is 0 Å². The third-order valence-electron chi connectivity index (χ3n) is 2.73. The summed E-state index contributed by atoms with van der Waals surface area (Å²) in [5.41, 5.74) is -0.0204. The van der Waals surface area contributed by atoms with Gasteiger partial charge in [0.1, 0.15) is 17.1 Å². The summed E-state index contributed by atoms with van der Waals surface area (Å²) in [5, 5.41) is 13.6. The number of thioether (sulfide) groups is 1. The lowest BCUT2D eigenvalue weighted by atomic mass is 10.1. The van der Waals surface area contributed by atoms with Gasteiger partial charge in [-0.05, 0) is 6.08 Å².